The van der Waals surface area contributed by atoms with Crippen molar-refractivity contribution in [3.63, 3.8) is 0 Å². The molecule has 0 atom stereocenters. The van der Waals surface area contributed by atoms with Crippen LogP contribution in [0.25, 0.3) is 0 Å². The number of methoxy groups -OCH3 is 2. The molecule has 9 heteroatoms. The quantitative estimate of drug-likeness (QED) is 0.207. The minimum atomic E-state index is -0.101. The summed E-state index contributed by atoms with van der Waals surface area (Å²) in [6.45, 7) is 4.44. The Morgan fingerprint density at radius 1 is 1.10 bits per heavy atom. The average molecular weight is 534 g/mol. The van der Waals surface area contributed by atoms with Gasteiger partial charge < -0.3 is 29.7 Å². The number of halogens is 1. The molecule has 0 radical (unpaired) electrons. The van der Waals surface area contributed by atoms with Gasteiger partial charge in [-0.1, -0.05) is 0 Å². The van der Waals surface area contributed by atoms with Gasteiger partial charge in [-0.15, -0.1) is 24.0 Å². The van der Waals surface area contributed by atoms with Crippen LogP contribution in [0, 0.1) is 0 Å². The Hall–Kier alpha value is -1.59. The number of nitrogens with zero attached hydrogens (tertiary/aromatic N) is 2. The smallest absolute Gasteiger partial charge is 0.251 e. The second-order valence-corrected chi connectivity index (χ2v) is 6.86. The maximum Gasteiger partial charge on any atom is 0.251 e. The fraction of sp³-hybridized carbons (Fsp3) is 0.619. The van der Waals surface area contributed by atoms with Gasteiger partial charge in [-0.05, 0) is 43.5 Å². The number of aliphatic imine (C=N–C) groups is 1. The molecule has 170 valence electrons. The Kier molecular flexibility index (Phi) is 13.4. The number of guanidine groups is 1. The van der Waals surface area contributed by atoms with E-state index in [1.165, 1.54) is 0 Å². The standard InChI is InChI=1S/C21H34N4O4.HI/c1-22-21(25-13-9-19(10-14-25)29-16-4-15-27-2)24-12-11-23-20(26)17-5-7-18(28-3)8-6-17;/h5-8,19H,4,9-16H2,1-3H3,(H,22,24)(H,23,26);1H. The molecule has 2 N–H and O–H groups in total. The molecular formula is C21H35IN4O4. The monoisotopic (exact) mass is 534 g/mol. The van der Waals surface area contributed by atoms with E-state index in [2.05, 4.69) is 20.5 Å². The van der Waals surface area contributed by atoms with E-state index in [9.17, 15) is 4.79 Å². The molecule has 1 fully saturated rings. The molecule has 0 aliphatic carbocycles. The molecule has 1 aliphatic heterocycles. The lowest BCUT2D eigenvalue weighted by Gasteiger charge is -2.34. The first-order valence-corrected chi connectivity index (χ1v) is 10.2. The maximum atomic E-state index is 12.2. The van der Waals surface area contributed by atoms with E-state index in [1.54, 1.807) is 45.5 Å². The van der Waals surface area contributed by atoms with Crippen LogP contribution in [0.5, 0.6) is 5.75 Å². The van der Waals surface area contributed by atoms with Gasteiger partial charge in [-0.2, -0.15) is 0 Å². The number of benzene rings is 1. The molecule has 1 aromatic rings. The van der Waals surface area contributed by atoms with E-state index < -0.39 is 0 Å². The van der Waals surface area contributed by atoms with Crippen molar-refractivity contribution >= 4 is 35.8 Å². The van der Waals surface area contributed by atoms with E-state index >= 15 is 0 Å². The third-order valence-electron chi connectivity index (χ3n) is 4.85. The molecule has 1 amide bonds. The Bertz CT molecular complexity index is 634. The van der Waals surface area contributed by atoms with Gasteiger partial charge in [-0.3, -0.25) is 9.79 Å². The number of hydrogen-bond acceptors (Lipinski definition) is 5. The first kappa shape index (κ1) is 26.4. The number of carbonyl (C=O) groups excluding carboxylic acids is 1. The molecule has 0 spiro atoms. The Balaban J connectivity index is 0.00000450. The number of nitrogens with one attached hydrogen (secondary N) is 2. The molecule has 0 aromatic heterocycles. The maximum absolute atomic E-state index is 12.2. The number of hydrogen-bond donors (Lipinski definition) is 2. The van der Waals surface area contributed by atoms with Crippen LogP contribution in [0.3, 0.4) is 0 Å². The number of ether oxygens (including phenoxy) is 3. The van der Waals surface area contributed by atoms with Gasteiger partial charge >= 0.3 is 0 Å². The molecule has 8 nitrogen and oxygen atoms in total. The molecule has 1 heterocycles. The lowest BCUT2D eigenvalue weighted by Crippen LogP contribution is -2.48. The lowest BCUT2D eigenvalue weighted by atomic mass is 10.1. The highest BCUT2D eigenvalue weighted by Gasteiger charge is 2.21. The van der Waals surface area contributed by atoms with Crippen molar-refractivity contribution in [3.8, 4) is 5.75 Å². The van der Waals surface area contributed by atoms with Crippen LogP contribution in [-0.2, 0) is 9.47 Å². The fourth-order valence-electron chi connectivity index (χ4n) is 3.21. The topological polar surface area (TPSA) is 84.4 Å². The molecule has 0 unspecified atom stereocenters. The van der Waals surface area contributed by atoms with Gasteiger partial charge in [0, 0.05) is 59.1 Å². The second-order valence-electron chi connectivity index (χ2n) is 6.86. The largest absolute Gasteiger partial charge is 0.497 e. The van der Waals surface area contributed by atoms with E-state index in [0.717, 1.165) is 57.3 Å². The van der Waals surface area contributed by atoms with E-state index in [-0.39, 0.29) is 29.9 Å². The summed E-state index contributed by atoms with van der Waals surface area (Å²) in [6.07, 6.45) is 3.22. The van der Waals surface area contributed by atoms with Crippen LogP contribution in [-0.4, -0.2) is 83.5 Å². The Labute approximate surface area is 196 Å². The van der Waals surface area contributed by atoms with Crippen molar-refractivity contribution < 1.29 is 19.0 Å². The van der Waals surface area contributed by atoms with Crippen molar-refractivity contribution in [1.29, 1.82) is 0 Å². The zero-order chi connectivity index (χ0) is 20.9. The second kappa shape index (κ2) is 15.2. The van der Waals surface area contributed by atoms with Crippen LogP contribution < -0.4 is 15.4 Å². The summed E-state index contributed by atoms with van der Waals surface area (Å²) >= 11 is 0. The van der Waals surface area contributed by atoms with Crippen molar-refractivity contribution in [2.24, 2.45) is 4.99 Å². The zero-order valence-corrected chi connectivity index (χ0v) is 20.5. The van der Waals surface area contributed by atoms with Crippen LogP contribution in [0.15, 0.2) is 29.3 Å². The number of piperidine rings is 1. The van der Waals surface area contributed by atoms with Crippen molar-refractivity contribution in [2.75, 3.05) is 60.7 Å². The third kappa shape index (κ3) is 9.05. The number of amides is 1. The summed E-state index contributed by atoms with van der Waals surface area (Å²) in [5.41, 5.74) is 0.614. The highest BCUT2D eigenvalue weighted by molar-refractivity contribution is 14.0. The van der Waals surface area contributed by atoms with Crippen molar-refractivity contribution in [2.45, 2.75) is 25.4 Å². The predicted molar refractivity (Wildman–Crippen MR) is 129 cm³/mol. The van der Waals surface area contributed by atoms with Crippen LogP contribution in [0.4, 0.5) is 0 Å². The number of carbonyl (C=O) groups is 1. The lowest BCUT2D eigenvalue weighted by molar-refractivity contribution is 0.00991. The van der Waals surface area contributed by atoms with Crippen molar-refractivity contribution in [1.82, 2.24) is 15.5 Å². The summed E-state index contributed by atoms with van der Waals surface area (Å²) in [7, 11) is 5.10. The minimum Gasteiger partial charge on any atom is -0.497 e. The first-order chi connectivity index (χ1) is 14.2. The highest BCUT2D eigenvalue weighted by atomic mass is 127. The highest BCUT2D eigenvalue weighted by Crippen LogP contribution is 2.14. The number of rotatable bonds is 10. The van der Waals surface area contributed by atoms with Gasteiger partial charge in [0.25, 0.3) is 5.91 Å². The molecular weight excluding hydrogens is 499 g/mol. The molecule has 30 heavy (non-hydrogen) atoms. The van der Waals surface area contributed by atoms with Crippen LogP contribution in [0.2, 0.25) is 0 Å². The van der Waals surface area contributed by atoms with Gasteiger partial charge in [0.15, 0.2) is 5.96 Å². The summed E-state index contributed by atoms with van der Waals surface area (Å²) in [5, 5.41) is 6.24. The number of likely N-dealkylation sites (tertiary alicyclic amines) is 1. The predicted octanol–water partition coefficient (Wildman–Crippen LogP) is 2.14. The molecule has 1 aliphatic rings. The molecule has 0 bridgehead atoms. The first-order valence-electron chi connectivity index (χ1n) is 10.2. The van der Waals surface area contributed by atoms with Crippen LogP contribution >= 0.6 is 24.0 Å². The summed E-state index contributed by atoms with van der Waals surface area (Å²) < 4.78 is 16.1. The Morgan fingerprint density at radius 3 is 2.37 bits per heavy atom. The SMILES string of the molecule is CN=C(NCCNC(=O)c1ccc(OC)cc1)N1CCC(OCCCOC)CC1.I. The fourth-order valence-corrected chi connectivity index (χ4v) is 3.21. The third-order valence-corrected chi connectivity index (χ3v) is 4.85. The van der Waals surface area contributed by atoms with E-state index in [0.29, 0.717) is 24.8 Å². The van der Waals surface area contributed by atoms with Gasteiger partial charge in [-0.25, -0.2) is 0 Å². The zero-order valence-electron chi connectivity index (χ0n) is 18.2. The Morgan fingerprint density at radius 2 is 1.77 bits per heavy atom. The van der Waals surface area contributed by atoms with Gasteiger partial charge in [0.2, 0.25) is 0 Å². The average Bonchev–Trinajstić information content (AvgIpc) is 2.77. The normalized spacial score (nSPS) is 14.8. The van der Waals surface area contributed by atoms with E-state index in [4.69, 9.17) is 14.2 Å². The molecule has 0 saturated carbocycles. The van der Waals surface area contributed by atoms with E-state index in [1.807, 2.05) is 0 Å². The summed E-state index contributed by atoms with van der Waals surface area (Å²) in [4.78, 5) is 18.8. The molecule has 2 rings (SSSR count). The van der Waals surface area contributed by atoms with Crippen LogP contribution in [0.1, 0.15) is 29.6 Å². The van der Waals surface area contributed by atoms with Gasteiger partial charge in [0.05, 0.1) is 13.2 Å². The molecule has 1 saturated heterocycles. The summed E-state index contributed by atoms with van der Waals surface area (Å²) in [5.74, 6) is 1.49. The minimum absolute atomic E-state index is 0. The van der Waals surface area contributed by atoms with Crippen molar-refractivity contribution in [3.05, 3.63) is 29.8 Å². The summed E-state index contributed by atoms with van der Waals surface area (Å²) in [6, 6.07) is 7.06. The van der Waals surface area contributed by atoms with Gasteiger partial charge in [0.1, 0.15) is 5.75 Å². The molecule has 1 aromatic carbocycles.